The maximum absolute atomic E-state index is 12.6. The molecule has 0 amide bonds. The number of hydrogen-bond acceptors (Lipinski definition) is 4. The lowest BCUT2D eigenvalue weighted by atomic mass is 10.1. The van der Waals surface area contributed by atoms with Crippen LogP contribution in [-0.2, 0) is 21.0 Å². The summed E-state index contributed by atoms with van der Waals surface area (Å²) in [6.07, 6.45) is 1.17. The fourth-order valence-electron chi connectivity index (χ4n) is 2.91. The van der Waals surface area contributed by atoms with Gasteiger partial charge >= 0.3 is 0 Å². The van der Waals surface area contributed by atoms with Crippen molar-refractivity contribution in [2.24, 2.45) is 0 Å². The zero-order valence-corrected chi connectivity index (χ0v) is 12.9. The van der Waals surface area contributed by atoms with Crippen molar-refractivity contribution >= 4 is 9.84 Å². The summed E-state index contributed by atoms with van der Waals surface area (Å²) in [6, 6.07) is 7.94. The fourth-order valence-corrected chi connectivity index (χ4v) is 4.82. The summed E-state index contributed by atoms with van der Waals surface area (Å²) < 4.78 is 30.1. The lowest BCUT2D eigenvalue weighted by Gasteiger charge is -2.21. The van der Waals surface area contributed by atoms with Crippen LogP contribution in [0.15, 0.2) is 24.3 Å². The summed E-state index contributed by atoms with van der Waals surface area (Å²) in [5, 5.41) is 2.99. The van der Waals surface area contributed by atoms with Crippen LogP contribution in [0, 0.1) is 0 Å². The monoisotopic (exact) mass is 297 g/mol. The van der Waals surface area contributed by atoms with E-state index in [9.17, 15) is 8.42 Å². The Hall–Kier alpha value is -0.910. The molecule has 0 bridgehead atoms. The largest absolute Gasteiger partial charge is 0.385 e. The van der Waals surface area contributed by atoms with Crippen molar-refractivity contribution < 1.29 is 13.2 Å². The highest BCUT2D eigenvalue weighted by Crippen LogP contribution is 2.35. The molecular weight excluding hydrogens is 274 g/mol. The molecule has 0 fully saturated rings. The molecule has 1 N–H and O–H groups in total. The summed E-state index contributed by atoms with van der Waals surface area (Å²) in [5.74, 6) is 0.196. The van der Waals surface area contributed by atoms with Gasteiger partial charge in [0.15, 0.2) is 9.84 Å². The Bertz CT molecular complexity index is 542. The second-order valence-electron chi connectivity index (χ2n) is 5.19. The second-order valence-corrected chi connectivity index (χ2v) is 7.53. The van der Waals surface area contributed by atoms with Crippen LogP contribution in [0.3, 0.4) is 0 Å². The van der Waals surface area contributed by atoms with Gasteiger partial charge in [-0.3, -0.25) is 0 Å². The van der Waals surface area contributed by atoms with Gasteiger partial charge in [-0.15, -0.1) is 0 Å². The topological polar surface area (TPSA) is 55.4 Å². The maximum Gasteiger partial charge on any atom is 0.155 e. The summed E-state index contributed by atoms with van der Waals surface area (Å²) in [6.45, 7) is 3.27. The van der Waals surface area contributed by atoms with Gasteiger partial charge in [-0.2, -0.15) is 0 Å². The first kappa shape index (κ1) is 15.5. The van der Waals surface area contributed by atoms with Crippen LogP contribution in [0.5, 0.6) is 0 Å². The number of sulfone groups is 1. The van der Waals surface area contributed by atoms with Gasteiger partial charge in [0.05, 0.1) is 11.0 Å². The molecule has 0 saturated carbocycles. The predicted molar refractivity (Wildman–Crippen MR) is 80.6 cm³/mol. The minimum atomic E-state index is -3.11. The highest BCUT2D eigenvalue weighted by molar-refractivity contribution is 7.92. The molecule has 0 heterocycles. The zero-order chi connectivity index (χ0) is 14.6. The molecule has 0 radical (unpaired) electrons. The van der Waals surface area contributed by atoms with Crippen molar-refractivity contribution in [1.29, 1.82) is 0 Å². The van der Waals surface area contributed by atoms with Crippen molar-refractivity contribution in [2.75, 3.05) is 26.0 Å². The van der Waals surface area contributed by atoms with Crippen LogP contribution in [0.1, 0.15) is 30.5 Å². The number of hydrogen-bond donors (Lipinski definition) is 1. The first-order valence-corrected chi connectivity index (χ1v) is 8.83. The van der Waals surface area contributed by atoms with E-state index in [-0.39, 0.29) is 17.0 Å². The molecule has 0 aliphatic heterocycles. The maximum atomic E-state index is 12.6. The van der Waals surface area contributed by atoms with E-state index in [1.807, 2.05) is 31.2 Å². The van der Waals surface area contributed by atoms with Gasteiger partial charge in [0.1, 0.15) is 0 Å². The summed E-state index contributed by atoms with van der Waals surface area (Å²) in [7, 11) is -1.52. The Morgan fingerprint density at radius 1 is 1.35 bits per heavy atom. The minimum Gasteiger partial charge on any atom is -0.385 e. The summed E-state index contributed by atoms with van der Waals surface area (Å²) in [4.78, 5) is 0. The van der Waals surface area contributed by atoms with E-state index < -0.39 is 9.84 Å². The molecule has 1 aromatic carbocycles. The van der Waals surface area contributed by atoms with Gasteiger partial charge in [-0.1, -0.05) is 31.2 Å². The van der Waals surface area contributed by atoms with E-state index in [1.165, 1.54) is 0 Å². The Balaban J connectivity index is 2.20. The molecule has 5 heteroatoms. The number of methoxy groups -OCH3 is 1. The van der Waals surface area contributed by atoms with Crippen LogP contribution in [0.25, 0.3) is 0 Å². The van der Waals surface area contributed by atoms with Gasteiger partial charge in [0, 0.05) is 19.8 Å². The number of ether oxygens (including phenoxy) is 1. The van der Waals surface area contributed by atoms with E-state index in [4.69, 9.17) is 4.74 Å². The molecule has 1 aromatic rings. The molecule has 0 spiro atoms. The average Bonchev–Trinajstić information content (AvgIpc) is 2.80. The lowest BCUT2D eigenvalue weighted by Crippen LogP contribution is -2.36. The highest BCUT2D eigenvalue weighted by Gasteiger charge is 2.39. The van der Waals surface area contributed by atoms with E-state index in [0.717, 1.165) is 17.7 Å². The average molecular weight is 297 g/mol. The summed E-state index contributed by atoms with van der Waals surface area (Å²) in [5.41, 5.74) is 2.29. The third-order valence-corrected chi connectivity index (χ3v) is 6.06. The second kappa shape index (κ2) is 6.70. The van der Waals surface area contributed by atoms with Crippen LogP contribution >= 0.6 is 0 Å². The molecule has 20 heavy (non-hydrogen) atoms. The molecule has 2 unspecified atom stereocenters. The molecule has 2 atom stereocenters. The van der Waals surface area contributed by atoms with Gasteiger partial charge in [-0.25, -0.2) is 8.42 Å². The Labute approximate surface area is 121 Å². The van der Waals surface area contributed by atoms with Crippen LogP contribution in [0.2, 0.25) is 0 Å². The SMILES string of the molecule is CCNC1c2ccccc2CC1S(=O)(=O)CCCOC. The summed E-state index contributed by atoms with van der Waals surface area (Å²) >= 11 is 0. The van der Waals surface area contributed by atoms with E-state index >= 15 is 0 Å². The third kappa shape index (κ3) is 3.22. The quantitative estimate of drug-likeness (QED) is 0.779. The minimum absolute atomic E-state index is 0.0799. The number of benzene rings is 1. The van der Waals surface area contributed by atoms with E-state index in [0.29, 0.717) is 19.4 Å². The molecule has 0 saturated heterocycles. The Kier molecular flexibility index (Phi) is 5.18. The van der Waals surface area contributed by atoms with Gasteiger partial charge < -0.3 is 10.1 Å². The Morgan fingerprint density at radius 2 is 2.10 bits per heavy atom. The van der Waals surface area contributed by atoms with Crippen molar-refractivity contribution in [3.63, 3.8) is 0 Å². The van der Waals surface area contributed by atoms with Gasteiger partial charge in [0.25, 0.3) is 0 Å². The number of nitrogens with one attached hydrogen (secondary N) is 1. The van der Waals surface area contributed by atoms with E-state index in [1.54, 1.807) is 7.11 Å². The zero-order valence-electron chi connectivity index (χ0n) is 12.1. The lowest BCUT2D eigenvalue weighted by molar-refractivity contribution is 0.199. The molecule has 112 valence electrons. The normalized spacial score (nSPS) is 21.9. The molecular formula is C15H23NO3S. The number of fused-ring (bicyclic) bond motifs is 1. The standard InChI is InChI=1S/C15H23NO3S/c1-3-16-15-13-8-5-4-7-12(13)11-14(15)20(17,18)10-6-9-19-2/h4-5,7-8,14-16H,3,6,9-11H2,1-2H3. The van der Waals surface area contributed by atoms with Crippen LogP contribution in [-0.4, -0.2) is 39.7 Å². The fraction of sp³-hybridized carbons (Fsp3) is 0.600. The molecule has 1 aliphatic rings. The van der Waals surface area contributed by atoms with Crippen molar-refractivity contribution in [3.8, 4) is 0 Å². The number of rotatable bonds is 7. The molecule has 1 aliphatic carbocycles. The first-order chi connectivity index (χ1) is 9.60. The van der Waals surface area contributed by atoms with Crippen LogP contribution < -0.4 is 5.32 Å². The third-order valence-electron chi connectivity index (χ3n) is 3.85. The predicted octanol–water partition coefficient (Wildman–Crippen LogP) is 1.71. The Morgan fingerprint density at radius 3 is 2.80 bits per heavy atom. The van der Waals surface area contributed by atoms with Crippen molar-refractivity contribution in [1.82, 2.24) is 5.32 Å². The van der Waals surface area contributed by atoms with E-state index in [2.05, 4.69) is 5.32 Å². The van der Waals surface area contributed by atoms with Crippen LogP contribution in [0.4, 0.5) is 0 Å². The van der Waals surface area contributed by atoms with Crippen molar-refractivity contribution in [2.45, 2.75) is 31.1 Å². The smallest absolute Gasteiger partial charge is 0.155 e. The van der Waals surface area contributed by atoms with Gasteiger partial charge in [0.2, 0.25) is 0 Å². The molecule has 2 rings (SSSR count). The molecule has 4 nitrogen and oxygen atoms in total. The van der Waals surface area contributed by atoms with Gasteiger partial charge in [-0.05, 0) is 30.5 Å². The molecule has 0 aromatic heterocycles. The van der Waals surface area contributed by atoms with Crippen molar-refractivity contribution in [3.05, 3.63) is 35.4 Å². The first-order valence-electron chi connectivity index (χ1n) is 7.12. The highest BCUT2D eigenvalue weighted by atomic mass is 32.2.